The number of likely N-dealkylation sites (N-methyl/N-ethyl adjacent to an activating group) is 1. The molecule has 0 saturated heterocycles. The van der Waals surface area contributed by atoms with Crippen LogP contribution in [0.25, 0.3) is 5.57 Å². The highest BCUT2D eigenvalue weighted by Gasteiger charge is 2.21. The topological polar surface area (TPSA) is 83.9 Å². The smallest absolute Gasteiger partial charge is 0.329 e. The van der Waals surface area contributed by atoms with Crippen LogP contribution in [0, 0.1) is 0 Å². The number of carbonyl (C=O) groups excluding carboxylic acids is 2. The van der Waals surface area contributed by atoms with Crippen LogP contribution in [0.5, 0.6) is 0 Å². The number of carboxylic acids is 1. The molecule has 0 aliphatic carbocycles. The highest BCUT2D eigenvalue weighted by molar-refractivity contribution is 6.39. The molecule has 8 heteroatoms. The highest BCUT2D eigenvalue weighted by atomic mass is 35.5. The number of carbonyl (C=O) groups is 3. The first-order valence-electron chi connectivity index (χ1n) is 6.92. The van der Waals surface area contributed by atoms with Gasteiger partial charge in [0, 0.05) is 44.1 Å². The number of halogens is 2. The van der Waals surface area contributed by atoms with Crippen LogP contribution in [-0.2, 0) is 25.5 Å². The quantitative estimate of drug-likeness (QED) is 0.611. The Bertz CT molecular complexity index is 698. The maximum atomic E-state index is 12.3. The molecule has 0 radical (unpaired) electrons. The van der Waals surface area contributed by atoms with Crippen LogP contribution < -0.4 is 0 Å². The van der Waals surface area contributed by atoms with Crippen molar-refractivity contribution < 1.29 is 24.2 Å². The summed E-state index contributed by atoms with van der Waals surface area (Å²) in [5.41, 5.74) is 0.655. The molecule has 0 saturated carbocycles. The van der Waals surface area contributed by atoms with E-state index >= 15 is 0 Å². The fraction of sp³-hybridized carbons (Fsp3) is 0.312. The highest BCUT2D eigenvalue weighted by Crippen LogP contribution is 2.33. The Morgan fingerprint density at radius 3 is 2.38 bits per heavy atom. The summed E-state index contributed by atoms with van der Waals surface area (Å²) in [6, 6.07) is 3.00. The van der Waals surface area contributed by atoms with E-state index in [2.05, 4.69) is 0 Å². The molecule has 1 N–H and O–H groups in total. The molecule has 1 rings (SSSR count). The molecular weight excluding hydrogens is 357 g/mol. The van der Waals surface area contributed by atoms with Crippen LogP contribution in [0.15, 0.2) is 18.2 Å². The van der Waals surface area contributed by atoms with Crippen LogP contribution in [0.2, 0.25) is 10.0 Å². The van der Waals surface area contributed by atoms with Gasteiger partial charge in [0.05, 0.1) is 17.2 Å². The van der Waals surface area contributed by atoms with Gasteiger partial charge in [-0.3, -0.25) is 9.59 Å². The number of carboxylic acid groups (broad SMARTS) is 1. The van der Waals surface area contributed by atoms with Gasteiger partial charge in [0.1, 0.15) is 0 Å². The van der Waals surface area contributed by atoms with E-state index < -0.39 is 17.8 Å². The zero-order chi connectivity index (χ0) is 18.4. The van der Waals surface area contributed by atoms with Gasteiger partial charge in [-0.2, -0.15) is 0 Å². The maximum absolute atomic E-state index is 12.3. The summed E-state index contributed by atoms with van der Waals surface area (Å²) in [5, 5.41) is 9.51. The number of benzene rings is 1. The van der Waals surface area contributed by atoms with Crippen LogP contribution in [-0.4, -0.2) is 48.6 Å². The molecule has 0 aromatic heterocycles. The Hall–Kier alpha value is -2.05. The van der Waals surface area contributed by atoms with E-state index in [0.29, 0.717) is 10.6 Å². The molecule has 1 aromatic carbocycles. The summed E-state index contributed by atoms with van der Waals surface area (Å²) in [4.78, 5) is 35.4. The molecule has 0 atom stereocenters. The van der Waals surface area contributed by atoms with Gasteiger partial charge >= 0.3 is 11.9 Å². The van der Waals surface area contributed by atoms with Crippen molar-refractivity contribution >= 4 is 46.6 Å². The predicted octanol–water partition coefficient (Wildman–Crippen LogP) is 2.66. The first-order chi connectivity index (χ1) is 11.1. The Balaban J connectivity index is 3.33. The number of amides is 1. The number of ether oxygens (including phenoxy) is 1. The van der Waals surface area contributed by atoms with Gasteiger partial charge < -0.3 is 14.7 Å². The fourth-order valence-corrected chi connectivity index (χ4v) is 2.61. The van der Waals surface area contributed by atoms with Crippen molar-refractivity contribution in [3.05, 3.63) is 39.4 Å². The number of hydrogen-bond acceptors (Lipinski definition) is 4. The second-order valence-corrected chi connectivity index (χ2v) is 5.86. The molecule has 0 fully saturated rings. The van der Waals surface area contributed by atoms with Crippen LogP contribution >= 0.6 is 23.2 Å². The lowest BCUT2D eigenvalue weighted by Crippen LogP contribution is -2.23. The van der Waals surface area contributed by atoms with E-state index in [-0.39, 0.29) is 29.2 Å². The summed E-state index contributed by atoms with van der Waals surface area (Å²) in [5.74, 6) is -2.21. The molecule has 0 bridgehead atoms. The summed E-state index contributed by atoms with van der Waals surface area (Å²) >= 11 is 12.4. The SMILES string of the molecule is CC(=O)OCCc1c(Cl)ccc(C(=CC(=O)O)C(=O)N(C)C)c1Cl. The normalized spacial score (nSPS) is 11.1. The average Bonchev–Trinajstić information content (AvgIpc) is 2.47. The third-order valence-electron chi connectivity index (χ3n) is 3.04. The first kappa shape index (κ1) is 20.0. The van der Waals surface area contributed by atoms with Crippen LogP contribution in [0.4, 0.5) is 0 Å². The van der Waals surface area contributed by atoms with Crippen LogP contribution in [0.3, 0.4) is 0 Å². The lowest BCUT2D eigenvalue weighted by atomic mass is 10.00. The molecule has 6 nitrogen and oxygen atoms in total. The van der Waals surface area contributed by atoms with E-state index in [1.54, 1.807) is 0 Å². The minimum atomic E-state index is -1.27. The predicted molar refractivity (Wildman–Crippen MR) is 91.1 cm³/mol. The van der Waals surface area contributed by atoms with Crippen molar-refractivity contribution in [3.8, 4) is 0 Å². The first-order valence-corrected chi connectivity index (χ1v) is 7.67. The Morgan fingerprint density at radius 1 is 1.25 bits per heavy atom. The second kappa shape index (κ2) is 8.70. The number of nitrogens with zero attached hydrogens (tertiary/aromatic N) is 1. The van der Waals surface area contributed by atoms with Gasteiger partial charge in [0.2, 0.25) is 0 Å². The van der Waals surface area contributed by atoms with Crippen LogP contribution in [0.1, 0.15) is 18.1 Å². The van der Waals surface area contributed by atoms with Gasteiger partial charge in [-0.05, 0) is 11.6 Å². The molecule has 24 heavy (non-hydrogen) atoms. The third-order valence-corrected chi connectivity index (χ3v) is 3.82. The van der Waals surface area contributed by atoms with Crippen molar-refractivity contribution in [2.24, 2.45) is 0 Å². The van der Waals surface area contributed by atoms with Crippen molar-refractivity contribution in [1.82, 2.24) is 4.90 Å². The summed E-state index contributed by atoms with van der Waals surface area (Å²) in [6.07, 6.45) is 1.04. The molecule has 1 amide bonds. The standard InChI is InChI=1S/C16H17Cl2NO5/c1-9(20)24-7-6-11-13(17)5-4-10(15(11)18)12(8-14(21)22)16(23)19(2)3/h4-5,8H,6-7H2,1-3H3,(H,21,22). The molecule has 0 aliphatic heterocycles. The third kappa shape index (κ3) is 5.25. The van der Waals surface area contributed by atoms with E-state index in [4.69, 9.17) is 33.0 Å². The molecule has 0 spiro atoms. The fourth-order valence-electron chi connectivity index (χ4n) is 1.95. The second-order valence-electron chi connectivity index (χ2n) is 5.07. The lowest BCUT2D eigenvalue weighted by molar-refractivity contribution is -0.140. The van der Waals surface area contributed by atoms with Crippen molar-refractivity contribution in [1.29, 1.82) is 0 Å². The number of rotatable bonds is 6. The average molecular weight is 374 g/mol. The zero-order valence-electron chi connectivity index (χ0n) is 13.4. The monoisotopic (exact) mass is 373 g/mol. The molecular formula is C16H17Cl2NO5. The molecule has 130 valence electrons. The minimum Gasteiger partial charge on any atom is -0.478 e. The molecule has 0 aliphatic rings. The molecule has 0 heterocycles. The minimum absolute atomic E-state index is 0.0668. The van der Waals surface area contributed by atoms with Gasteiger partial charge in [0.25, 0.3) is 5.91 Å². The largest absolute Gasteiger partial charge is 0.478 e. The summed E-state index contributed by atoms with van der Waals surface area (Å²) in [7, 11) is 3.01. The van der Waals surface area contributed by atoms with Gasteiger partial charge in [-0.15, -0.1) is 0 Å². The van der Waals surface area contributed by atoms with Gasteiger partial charge in [0.15, 0.2) is 0 Å². The molecule has 1 aromatic rings. The Labute approximate surface area is 149 Å². The maximum Gasteiger partial charge on any atom is 0.329 e. The number of hydrogen-bond donors (Lipinski definition) is 1. The lowest BCUT2D eigenvalue weighted by Gasteiger charge is -2.17. The van der Waals surface area contributed by atoms with Crippen molar-refractivity contribution in [3.63, 3.8) is 0 Å². The number of esters is 1. The zero-order valence-corrected chi connectivity index (χ0v) is 14.9. The van der Waals surface area contributed by atoms with E-state index in [9.17, 15) is 14.4 Å². The van der Waals surface area contributed by atoms with Crippen molar-refractivity contribution in [2.75, 3.05) is 20.7 Å². The summed E-state index contributed by atoms with van der Waals surface area (Å²) in [6.45, 7) is 1.35. The summed E-state index contributed by atoms with van der Waals surface area (Å²) < 4.78 is 4.87. The van der Waals surface area contributed by atoms with E-state index in [1.807, 2.05) is 0 Å². The Morgan fingerprint density at radius 2 is 1.88 bits per heavy atom. The van der Waals surface area contributed by atoms with Crippen molar-refractivity contribution in [2.45, 2.75) is 13.3 Å². The van der Waals surface area contributed by atoms with Gasteiger partial charge in [-0.25, -0.2) is 4.79 Å². The Kier molecular flexibility index (Phi) is 7.25. The van der Waals surface area contributed by atoms with E-state index in [0.717, 1.165) is 6.08 Å². The number of aliphatic carboxylic acids is 1. The molecule has 0 unspecified atom stereocenters. The van der Waals surface area contributed by atoms with Gasteiger partial charge in [-0.1, -0.05) is 29.3 Å². The van der Waals surface area contributed by atoms with E-state index in [1.165, 1.54) is 38.1 Å².